The fourth-order valence-corrected chi connectivity index (χ4v) is 1.17. The molecule has 2 N–H and O–H groups in total. The van der Waals surface area contributed by atoms with Gasteiger partial charge >= 0.3 is 0 Å². The molecule has 0 saturated heterocycles. The highest BCUT2D eigenvalue weighted by Gasteiger charge is 2.10. The molecule has 1 aliphatic rings. The number of rotatable bonds is 3. The van der Waals surface area contributed by atoms with Gasteiger partial charge in [0.1, 0.15) is 0 Å². The van der Waals surface area contributed by atoms with Crippen LogP contribution in [0.3, 0.4) is 0 Å². The summed E-state index contributed by atoms with van der Waals surface area (Å²) >= 11 is 0. The van der Waals surface area contributed by atoms with Crippen molar-refractivity contribution in [3.63, 3.8) is 0 Å². The molecule has 2 nitrogen and oxygen atoms in total. The van der Waals surface area contributed by atoms with Crippen LogP contribution >= 0.6 is 0 Å². The minimum Gasteiger partial charge on any atom is -0.377 e. The lowest BCUT2D eigenvalue weighted by Gasteiger charge is -1.99. The first-order valence-corrected chi connectivity index (χ1v) is 3.86. The Morgan fingerprint density at radius 3 is 3.10 bits per heavy atom. The lowest BCUT2D eigenvalue weighted by molar-refractivity contribution is 0.169. The predicted octanol–water partition coefficient (Wildman–Crippen LogP) is 1.07. The van der Waals surface area contributed by atoms with Crippen LogP contribution in [-0.2, 0) is 4.74 Å². The summed E-state index contributed by atoms with van der Waals surface area (Å²) in [6, 6.07) is 0.287. The number of hydrogen-bond acceptors (Lipinski definition) is 2. The van der Waals surface area contributed by atoms with Crippen LogP contribution < -0.4 is 5.73 Å². The molecule has 2 heteroatoms. The van der Waals surface area contributed by atoms with Gasteiger partial charge < -0.3 is 10.5 Å². The molecular weight excluding hydrogens is 126 g/mol. The first-order chi connectivity index (χ1) is 4.83. The second-order valence-corrected chi connectivity index (χ2v) is 2.66. The van der Waals surface area contributed by atoms with E-state index < -0.39 is 0 Å². The SMILES string of the molecule is CCOCC1=CC(N)CC1. The Balaban J connectivity index is 2.22. The largest absolute Gasteiger partial charge is 0.377 e. The monoisotopic (exact) mass is 141 g/mol. The van der Waals surface area contributed by atoms with Crippen molar-refractivity contribution in [3.05, 3.63) is 11.6 Å². The summed E-state index contributed by atoms with van der Waals surface area (Å²) in [6.07, 6.45) is 4.35. The zero-order valence-electron chi connectivity index (χ0n) is 6.47. The Morgan fingerprint density at radius 2 is 2.60 bits per heavy atom. The topological polar surface area (TPSA) is 35.2 Å². The Kier molecular flexibility index (Phi) is 2.90. The van der Waals surface area contributed by atoms with E-state index in [0.717, 1.165) is 26.1 Å². The molecule has 0 aromatic rings. The molecule has 10 heavy (non-hydrogen) atoms. The van der Waals surface area contributed by atoms with Crippen molar-refractivity contribution in [2.75, 3.05) is 13.2 Å². The molecule has 1 rings (SSSR count). The molecule has 0 aromatic heterocycles. The van der Waals surface area contributed by atoms with Gasteiger partial charge in [-0.05, 0) is 25.3 Å². The average Bonchev–Trinajstić information content (AvgIpc) is 2.31. The highest BCUT2D eigenvalue weighted by atomic mass is 16.5. The Labute approximate surface area is 62.1 Å². The van der Waals surface area contributed by atoms with E-state index >= 15 is 0 Å². The van der Waals surface area contributed by atoms with Crippen molar-refractivity contribution in [3.8, 4) is 0 Å². The summed E-state index contributed by atoms with van der Waals surface area (Å²) in [6.45, 7) is 3.59. The highest BCUT2D eigenvalue weighted by Crippen LogP contribution is 2.16. The van der Waals surface area contributed by atoms with Gasteiger partial charge in [0, 0.05) is 12.6 Å². The van der Waals surface area contributed by atoms with E-state index in [2.05, 4.69) is 6.08 Å². The van der Waals surface area contributed by atoms with Crippen LogP contribution in [0.4, 0.5) is 0 Å². The zero-order valence-corrected chi connectivity index (χ0v) is 6.47. The maximum Gasteiger partial charge on any atom is 0.0677 e. The molecule has 0 saturated carbocycles. The smallest absolute Gasteiger partial charge is 0.0677 e. The van der Waals surface area contributed by atoms with E-state index in [9.17, 15) is 0 Å². The molecule has 1 unspecified atom stereocenters. The van der Waals surface area contributed by atoms with E-state index in [1.807, 2.05) is 6.92 Å². The lowest BCUT2D eigenvalue weighted by Crippen LogP contribution is -2.11. The van der Waals surface area contributed by atoms with Crippen LogP contribution in [0.15, 0.2) is 11.6 Å². The molecule has 0 aromatic carbocycles. The van der Waals surface area contributed by atoms with Gasteiger partial charge in [0.05, 0.1) is 6.61 Å². The van der Waals surface area contributed by atoms with E-state index in [1.54, 1.807) is 0 Å². The van der Waals surface area contributed by atoms with Crippen molar-refractivity contribution in [1.29, 1.82) is 0 Å². The van der Waals surface area contributed by atoms with Gasteiger partial charge in [-0.15, -0.1) is 0 Å². The van der Waals surface area contributed by atoms with E-state index in [1.165, 1.54) is 5.57 Å². The van der Waals surface area contributed by atoms with Crippen molar-refractivity contribution < 1.29 is 4.74 Å². The van der Waals surface area contributed by atoms with Crippen LogP contribution in [0.2, 0.25) is 0 Å². The van der Waals surface area contributed by atoms with Gasteiger partial charge in [0.15, 0.2) is 0 Å². The van der Waals surface area contributed by atoms with Crippen molar-refractivity contribution in [1.82, 2.24) is 0 Å². The standard InChI is InChI=1S/C8H15NO/c1-2-10-6-7-3-4-8(9)5-7/h5,8H,2-4,6,9H2,1H3. The third-order valence-corrected chi connectivity index (χ3v) is 1.74. The van der Waals surface area contributed by atoms with Crippen molar-refractivity contribution in [2.24, 2.45) is 5.73 Å². The van der Waals surface area contributed by atoms with Gasteiger partial charge in [0.25, 0.3) is 0 Å². The summed E-state index contributed by atoms with van der Waals surface area (Å²) in [7, 11) is 0. The van der Waals surface area contributed by atoms with Gasteiger partial charge in [-0.25, -0.2) is 0 Å². The van der Waals surface area contributed by atoms with Gasteiger partial charge in [-0.3, -0.25) is 0 Å². The van der Waals surface area contributed by atoms with Gasteiger partial charge in [-0.2, -0.15) is 0 Å². The summed E-state index contributed by atoms with van der Waals surface area (Å²) < 4.78 is 5.24. The van der Waals surface area contributed by atoms with Gasteiger partial charge in [0.2, 0.25) is 0 Å². The highest BCUT2D eigenvalue weighted by molar-refractivity contribution is 5.13. The normalized spacial score (nSPS) is 25.0. The Hall–Kier alpha value is -0.340. The van der Waals surface area contributed by atoms with E-state index in [0.29, 0.717) is 0 Å². The van der Waals surface area contributed by atoms with Crippen LogP contribution in [0.25, 0.3) is 0 Å². The third-order valence-electron chi connectivity index (χ3n) is 1.74. The second kappa shape index (κ2) is 3.74. The maximum atomic E-state index is 5.66. The number of hydrogen-bond donors (Lipinski definition) is 1. The number of nitrogens with two attached hydrogens (primary N) is 1. The lowest BCUT2D eigenvalue weighted by atomic mass is 10.2. The van der Waals surface area contributed by atoms with Crippen LogP contribution in [0.5, 0.6) is 0 Å². The zero-order chi connectivity index (χ0) is 7.40. The van der Waals surface area contributed by atoms with Crippen molar-refractivity contribution >= 4 is 0 Å². The Morgan fingerprint density at radius 1 is 1.80 bits per heavy atom. The molecule has 0 radical (unpaired) electrons. The van der Waals surface area contributed by atoms with Crippen LogP contribution in [0, 0.1) is 0 Å². The first-order valence-electron chi connectivity index (χ1n) is 3.86. The maximum absolute atomic E-state index is 5.66. The molecular formula is C8H15NO. The minimum atomic E-state index is 0.287. The molecule has 0 amide bonds. The first kappa shape index (κ1) is 7.76. The van der Waals surface area contributed by atoms with E-state index in [-0.39, 0.29) is 6.04 Å². The molecule has 58 valence electrons. The van der Waals surface area contributed by atoms with E-state index in [4.69, 9.17) is 10.5 Å². The van der Waals surface area contributed by atoms with Gasteiger partial charge in [-0.1, -0.05) is 6.08 Å². The summed E-state index contributed by atoms with van der Waals surface area (Å²) in [5.41, 5.74) is 7.03. The molecule has 0 bridgehead atoms. The third kappa shape index (κ3) is 2.12. The molecule has 0 heterocycles. The molecule has 0 fully saturated rings. The van der Waals surface area contributed by atoms with Crippen LogP contribution in [0.1, 0.15) is 19.8 Å². The fraction of sp³-hybridized carbons (Fsp3) is 0.750. The Bertz CT molecular complexity index is 131. The summed E-state index contributed by atoms with van der Waals surface area (Å²) in [5.74, 6) is 0. The fourth-order valence-electron chi connectivity index (χ4n) is 1.17. The molecule has 0 spiro atoms. The molecule has 1 aliphatic carbocycles. The quantitative estimate of drug-likeness (QED) is 0.597. The molecule has 0 aliphatic heterocycles. The minimum absolute atomic E-state index is 0.287. The summed E-state index contributed by atoms with van der Waals surface area (Å²) in [5, 5.41) is 0. The average molecular weight is 141 g/mol. The summed E-state index contributed by atoms with van der Waals surface area (Å²) in [4.78, 5) is 0. The second-order valence-electron chi connectivity index (χ2n) is 2.66. The molecule has 1 atom stereocenters. The predicted molar refractivity (Wildman–Crippen MR) is 41.8 cm³/mol. The van der Waals surface area contributed by atoms with Crippen molar-refractivity contribution in [2.45, 2.75) is 25.8 Å². The van der Waals surface area contributed by atoms with Crippen LogP contribution in [-0.4, -0.2) is 19.3 Å². The number of ether oxygens (including phenoxy) is 1.